The molecule has 2 rings (SSSR count). The number of rotatable bonds is 3. The maximum atomic E-state index is 13.1. The molecular weight excluding hydrogens is 259 g/mol. The molecule has 1 aliphatic heterocycles. The molecule has 20 heavy (non-hydrogen) atoms. The monoisotopic (exact) mass is 278 g/mol. The van der Waals surface area contributed by atoms with E-state index in [4.69, 9.17) is 4.74 Å². The molecule has 0 aromatic heterocycles. The summed E-state index contributed by atoms with van der Waals surface area (Å²) >= 11 is 0. The van der Waals surface area contributed by atoms with Gasteiger partial charge in [-0.15, -0.1) is 0 Å². The van der Waals surface area contributed by atoms with E-state index in [9.17, 15) is 9.18 Å². The van der Waals surface area contributed by atoms with Crippen molar-refractivity contribution in [2.24, 2.45) is 5.10 Å². The number of ether oxygens (including phenoxy) is 1. The van der Waals surface area contributed by atoms with Crippen LogP contribution in [-0.2, 0) is 9.53 Å². The first-order chi connectivity index (χ1) is 9.44. The Morgan fingerprint density at radius 3 is 2.95 bits per heavy atom. The van der Waals surface area contributed by atoms with E-state index in [2.05, 4.69) is 5.10 Å². The van der Waals surface area contributed by atoms with Crippen molar-refractivity contribution in [2.75, 3.05) is 7.11 Å². The van der Waals surface area contributed by atoms with Gasteiger partial charge in [0.1, 0.15) is 11.9 Å². The van der Waals surface area contributed by atoms with Crippen LogP contribution in [0.1, 0.15) is 32.3 Å². The molecule has 1 aromatic rings. The van der Waals surface area contributed by atoms with E-state index in [0.717, 1.165) is 6.42 Å². The number of nitrogens with zero attached hydrogens (tertiary/aromatic N) is 2. The molecule has 0 N–H and O–H groups in total. The number of carbonyl (C=O) groups is 1. The number of halogens is 1. The lowest BCUT2D eigenvalue weighted by Gasteiger charge is -2.31. The van der Waals surface area contributed by atoms with Crippen molar-refractivity contribution < 1.29 is 13.9 Å². The Bertz CT molecular complexity index is 528. The Morgan fingerprint density at radius 2 is 2.30 bits per heavy atom. The van der Waals surface area contributed by atoms with E-state index < -0.39 is 0 Å². The normalized spacial score (nSPS) is 21.4. The van der Waals surface area contributed by atoms with Crippen molar-refractivity contribution in [3.63, 3.8) is 0 Å². The van der Waals surface area contributed by atoms with Crippen molar-refractivity contribution in [3.05, 3.63) is 35.6 Å². The summed E-state index contributed by atoms with van der Waals surface area (Å²) in [6, 6.07) is 5.81. The quantitative estimate of drug-likeness (QED) is 0.630. The van der Waals surface area contributed by atoms with Gasteiger partial charge in [0.25, 0.3) is 0 Å². The van der Waals surface area contributed by atoms with Crippen LogP contribution in [-0.4, -0.2) is 35.9 Å². The number of benzene rings is 1. The first-order valence-corrected chi connectivity index (χ1v) is 6.61. The molecule has 1 saturated heterocycles. The third-order valence-corrected chi connectivity index (χ3v) is 3.60. The number of hydrogen-bond acceptors (Lipinski definition) is 4. The molecule has 0 radical (unpaired) electrons. The van der Waals surface area contributed by atoms with Crippen LogP contribution in [0.2, 0.25) is 0 Å². The molecule has 1 atom stereocenters. The minimum Gasteiger partial charge on any atom is -0.467 e. The molecule has 0 unspecified atom stereocenters. The lowest BCUT2D eigenvalue weighted by atomic mass is 10.0. The van der Waals surface area contributed by atoms with Gasteiger partial charge in [-0.3, -0.25) is 5.01 Å². The van der Waals surface area contributed by atoms with Crippen molar-refractivity contribution in [2.45, 2.75) is 38.3 Å². The average molecular weight is 278 g/mol. The summed E-state index contributed by atoms with van der Waals surface area (Å²) in [5, 5.41) is 6.13. The minimum atomic E-state index is -0.375. The number of esters is 1. The molecule has 4 nitrogen and oxygen atoms in total. The SMILES string of the molecule is COC(=O)[C@@H]1CCC(C)(C)N1/N=C/c1cccc(F)c1. The Labute approximate surface area is 118 Å². The molecule has 1 aliphatic rings. The first-order valence-electron chi connectivity index (χ1n) is 6.61. The Kier molecular flexibility index (Phi) is 4.06. The maximum absolute atomic E-state index is 13.1. The predicted octanol–water partition coefficient (Wildman–Crippen LogP) is 2.58. The van der Waals surface area contributed by atoms with E-state index >= 15 is 0 Å². The van der Waals surface area contributed by atoms with E-state index in [1.807, 2.05) is 13.8 Å². The van der Waals surface area contributed by atoms with Crippen LogP contribution in [0, 0.1) is 5.82 Å². The van der Waals surface area contributed by atoms with Crippen LogP contribution in [0.4, 0.5) is 4.39 Å². The fourth-order valence-corrected chi connectivity index (χ4v) is 2.45. The summed E-state index contributed by atoms with van der Waals surface area (Å²) in [5.41, 5.74) is 0.444. The van der Waals surface area contributed by atoms with Gasteiger partial charge in [0.15, 0.2) is 0 Å². The highest BCUT2D eigenvalue weighted by Gasteiger charge is 2.43. The molecule has 0 spiro atoms. The summed E-state index contributed by atoms with van der Waals surface area (Å²) in [7, 11) is 1.38. The highest BCUT2D eigenvalue weighted by atomic mass is 19.1. The average Bonchev–Trinajstić information content (AvgIpc) is 2.71. The van der Waals surface area contributed by atoms with Crippen LogP contribution in [0.15, 0.2) is 29.4 Å². The second kappa shape index (κ2) is 5.61. The van der Waals surface area contributed by atoms with Gasteiger partial charge in [-0.25, -0.2) is 9.18 Å². The summed E-state index contributed by atoms with van der Waals surface area (Å²) in [5.74, 6) is -0.592. The third kappa shape index (κ3) is 2.98. The molecule has 0 saturated carbocycles. The maximum Gasteiger partial charge on any atom is 0.330 e. The van der Waals surface area contributed by atoms with Gasteiger partial charge in [0, 0.05) is 0 Å². The highest BCUT2D eigenvalue weighted by Crippen LogP contribution is 2.34. The summed E-state index contributed by atoms with van der Waals surface area (Å²) in [6.45, 7) is 4.05. The second-order valence-electron chi connectivity index (χ2n) is 5.53. The van der Waals surface area contributed by atoms with Gasteiger partial charge in [-0.2, -0.15) is 5.10 Å². The first kappa shape index (κ1) is 14.5. The topological polar surface area (TPSA) is 41.9 Å². The molecule has 5 heteroatoms. The van der Waals surface area contributed by atoms with E-state index in [1.165, 1.54) is 19.2 Å². The molecule has 0 amide bonds. The van der Waals surface area contributed by atoms with Crippen LogP contribution < -0.4 is 0 Å². The smallest absolute Gasteiger partial charge is 0.330 e. The summed E-state index contributed by atoms with van der Waals surface area (Å²) < 4.78 is 17.9. The van der Waals surface area contributed by atoms with E-state index in [-0.39, 0.29) is 23.4 Å². The van der Waals surface area contributed by atoms with E-state index in [1.54, 1.807) is 23.4 Å². The van der Waals surface area contributed by atoms with Gasteiger partial charge in [-0.1, -0.05) is 12.1 Å². The van der Waals surface area contributed by atoms with Crippen LogP contribution in [0.25, 0.3) is 0 Å². The van der Waals surface area contributed by atoms with E-state index in [0.29, 0.717) is 12.0 Å². The zero-order chi connectivity index (χ0) is 14.8. The molecule has 0 bridgehead atoms. The van der Waals surface area contributed by atoms with Gasteiger partial charge in [-0.05, 0) is 44.4 Å². The van der Waals surface area contributed by atoms with Crippen LogP contribution >= 0.6 is 0 Å². The molecule has 108 valence electrons. The second-order valence-corrected chi connectivity index (χ2v) is 5.53. The Balaban J connectivity index is 2.21. The molecule has 1 heterocycles. The lowest BCUT2D eigenvalue weighted by molar-refractivity contribution is -0.147. The highest BCUT2D eigenvalue weighted by molar-refractivity contribution is 5.80. The van der Waals surface area contributed by atoms with Crippen LogP contribution in [0.3, 0.4) is 0 Å². The molecular formula is C15H19FN2O2. The lowest BCUT2D eigenvalue weighted by Crippen LogP contribution is -2.43. The van der Waals surface area contributed by atoms with Crippen molar-refractivity contribution in [1.29, 1.82) is 0 Å². The molecule has 1 fully saturated rings. The number of methoxy groups -OCH3 is 1. The third-order valence-electron chi connectivity index (χ3n) is 3.60. The zero-order valence-corrected chi connectivity index (χ0v) is 12.0. The summed E-state index contributed by atoms with van der Waals surface area (Å²) in [4.78, 5) is 11.8. The van der Waals surface area contributed by atoms with Crippen LogP contribution in [0.5, 0.6) is 0 Å². The zero-order valence-electron chi connectivity index (χ0n) is 12.0. The minimum absolute atomic E-state index is 0.220. The van der Waals surface area contributed by atoms with Crippen molar-refractivity contribution in [3.8, 4) is 0 Å². The predicted molar refractivity (Wildman–Crippen MR) is 75.0 cm³/mol. The number of carbonyl (C=O) groups excluding carboxylic acids is 1. The fraction of sp³-hybridized carbons (Fsp3) is 0.467. The van der Waals surface area contributed by atoms with Gasteiger partial charge in [0.2, 0.25) is 0 Å². The summed E-state index contributed by atoms with van der Waals surface area (Å²) in [6.07, 6.45) is 3.14. The Hall–Kier alpha value is -1.91. The van der Waals surface area contributed by atoms with Gasteiger partial charge in [0.05, 0.1) is 18.9 Å². The fourth-order valence-electron chi connectivity index (χ4n) is 2.45. The molecule has 0 aliphatic carbocycles. The number of hydrazone groups is 1. The van der Waals surface area contributed by atoms with Crippen molar-refractivity contribution >= 4 is 12.2 Å². The largest absolute Gasteiger partial charge is 0.467 e. The number of hydrogen-bond donors (Lipinski definition) is 0. The van der Waals surface area contributed by atoms with Crippen molar-refractivity contribution in [1.82, 2.24) is 5.01 Å². The standard InChI is InChI=1S/C15H19FN2O2/c1-15(2)8-7-13(14(19)20-3)18(15)17-10-11-5-4-6-12(16)9-11/h4-6,9-10,13H,7-8H2,1-3H3/b17-10+/t13-/m0/s1. The van der Waals surface area contributed by atoms with Gasteiger partial charge >= 0.3 is 5.97 Å². The van der Waals surface area contributed by atoms with Gasteiger partial charge < -0.3 is 4.74 Å². The Morgan fingerprint density at radius 1 is 1.55 bits per heavy atom. The molecule has 1 aromatic carbocycles.